The molecule has 0 atom stereocenters. The molecule has 3 aromatic carbocycles. The molecule has 0 aromatic heterocycles. The first kappa shape index (κ1) is 23.7. The molecule has 7 nitrogen and oxygen atoms in total. The smallest absolute Gasteiger partial charge is 0.269 e. The average molecular weight is 564 g/mol. The maximum atomic E-state index is 10.9. The Morgan fingerprint density at radius 2 is 1.72 bits per heavy atom. The summed E-state index contributed by atoms with van der Waals surface area (Å²) in [6.07, 6.45) is 1.54. The summed E-state index contributed by atoms with van der Waals surface area (Å²) in [5.74, 6) is 1.20. The monoisotopic (exact) mass is 562 g/mol. The number of nitrogens with zero attached hydrogens (tertiary/aromatic N) is 2. The second-order valence-corrected chi connectivity index (χ2v) is 8.37. The van der Waals surface area contributed by atoms with Crippen molar-refractivity contribution in [1.82, 2.24) is 0 Å². The zero-order chi connectivity index (χ0) is 22.9. The summed E-state index contributed by atoms with van der Waals surface area (Å²) in [6, 6.07) is 17.8. The number of benzene rings is 3. The zero-order valence-corrected chi connectivity index (χ0v) is 20.3. The number of halogens is 2. The third-order valence-corrected chi connectivity index (χ3v) is 5.50. The molecule has 0 radical (unpaired) electrons. The van der Waals surface area contributed by atoms with Gasteiger partial charge in [-0.25, -0.2) is 0 Å². The van der Waals surface area contributed by atoms with Crippen LogP contribution in [0.2, 0.25) is 0 Å². The van der Waals surface area contributed by atoms with E-state index in [0.717, 1.165) is 20.1 Å². The molecule has 0 unspecified atom stereocenters. The van der Waals surface area contributed by atoms with E-state index in [9.17, 15) is 10.1 Å². The molecule has 3 aromatic rings. The zero-order valence-electron chi connectivity index (χ0n) is 17.2. The normalized spacial score (nSPS) is 10.8. The van der Waals surface area contributed by atoms with Gasteiger partial charge in [0.2, 0.25) is 0 Å². The Morgan fingerprint density at radius 1 is 0.969 bits per heavy atom. The molecule has 166 valence electrons. The Hall–Kier alpha value is -2.91. The summed E-state index contributed by atoms with van der Waals surface area (Å²) >= 11 is 6.95. The summed E-state index contributed by atoms with van der Waals surface area (Å²) in [4.78, 5) is 15.7. The van der Waals surface area contributed by atoms with Gasteiger partial charge in [-0.15, -0.1) is 0 Å². The van der Waals surface area contributed by atoms with E-state index >= 15 is 0 Å². The predicted molar refractivity (Wildman–Crippen MR) is 129 cm³/mol. The van der Waals surface area contributed by atoms with Gasteiger partial charge >= 0.3 is 0 Å². The van der Waals surface area contributed by atoms with Crippen molar-refractivity contribution in [2.45, 2.75) is 20.1 Å². The van der Waals surface area contributed by atoms with Crippen molar-refractivity contribution in [1.29, 1.82) is 0 Å². The standard InChI is InChI=1S/C23H20Br2N2O5/c1-2-30-22-11-18(13-26-32-15-17-4-3-5-20(10-17)27(28)29)21(25)12-23(22)31-14-16-6-8-19(24)9-7-16/h3-13H,2,14-15H2,1H3/b26-13-. The van der Waals surface area contributed by atoms with Crippen LogP contribution >= 0.6 is 31.9 Å². The van der Waals surface area contributed by atoms with E-state index < -0.39 is 4.92 Å². The van der Waals surface area contributed by atoms with Crippen molar-refractivity contribution in [3.05, 3.63) is 96.4 Å². The van der Waals surface area contributed by atoms with Crippen molar-refractivity contribution in [3.8, 4) is 11.5 Å². The van der Waals surface area contributed by atoms with Gasteiger partial charge < -0.3 is 14.3 Å². The minimum atomic E-state index is -0.445. The molecule has 0 amide bonds. The lowest BCUT2D eigenvalue weighted by Crippen LogP contribution is -2.01. The summed E-state index contributed by atoms with van der Waals surface area (Å²) in [5.41, 5.74) is 2.44. The van der Waals surface area contributed by atoms with E-state index in [1.54, 1.807) is 18.3 Å². The molecule has 32 heavy (non-hydrogen) atoms. The van der Waals surface area contributed by atoms with Crippen LogP contribution in [0, 0.1) is 10.1 Å². The van der Waals surface area contributed by atoms with E-state index in [-0.39, 0.29) is 12.3 Å². The maximum Gasteiger partial charge on any atom is 0.269 e. The van der Waals surface area contributed by atoms with E-state index in [2.05, 4.69) is 37.0 Å². The molecule has 0 aliphatic rings. The number of hydrogen-bond acceptors (Lipinski definition) is 6. The lowest BCUT2D eigenvalue weighted by molar-refractivity contribution is -0.384. The highest BCUT2D eigenvalue weighted by molar-refractivity contribution is 9.10. The molecule has 9 heteroatoms. The molecule has 0 N–H and O–H groups in total. The predicted octanol–water partition coefficient (Wildman–Crippen LogP) is 6.65. The molecule has 0 heterocycles. The summed E-state index contributed by atoms with van der Waals surface area (Å²) in [7, 11) is 0. The third kappa shape index (κ3) is 6.80. The fraction of sp³-hybridized carbons (Fsp3) is 0.174. The molecule has 0 aliphatic heterocycles. The number of rotatable bonds is 10. The van der Waals surface area contributed by atoms with Crippen molar-refractivity contribution in [2.75, 3.05) is 6.61 Å². The van der Waals surface area contributed by atoms with Gasteiger partial charge in [0.1, 0.15) is 13.2 Å². The highest BCUT2D eigenvalue weighted by Gasteiger charge is 2.11. The molecule has 3 rings (SSSR count). The Labute approximate surface area is 202 Å². The molecule has 0 aliphatic carbocycles. The lowest BCUT2D eigenvalue weighted by atomic mass is 10.2. The highest BCUT2D eigenvalue weighted by atomic mass is 79.9. The number of nitro groups is 1. The van der Waals surface area contributed by atoms with Crippen LogP contribution in [0.15, 0.2) is 74.8 Å². The van der Waals surface area contributed by atoms with Crippen molar-refractivity contribution >= 4 is 43.8 Å². The van der Waals surface area contributed by atoms with Gasteiger partial charge in [-0.05, 0) is 58.2 Å². The van der Waals surface area contributed by atoms with Gasteiger partial charge in [0.25, 0.3) is 5.69 Å². The quantitative estimate of drug-likeness (QED) is 0.157. The first-order chi connectivity index (χ1) is 15.5. The molecule has 0 bridgehead atoms. The summed E-state index contributed by atoms with van der Waals surface area (Å²) in [5, 5.41) is 14.8. The molecule has 0 saturated heterocycles. The van der Waals surface area contributed by atoms with Gasteiger partial charge in [-0.3, -0.25) is 10.1 Å². The minimum absolute atomic E-state index is 0.0120. The number of ether oxygens (including phenoxy) is 2. The van der Waals surface area contributed by atoms with Crippen LogP contribution < -0.4 is 9.47 Å². The van der Waals surface area contributed by atoms with Gasteiger partial charge in [-0.1, -0.05) is 45.4 Å². The first-order valence-corrected chi connectivity index (χ1v) is 11.3. The molecule has 0 spiro atoms. The molecular weight excluding hydrogens is 544 g/mol. The van der Waals surface area contributed by atoms with E-state index in [0.29, 0.717) is 30.3 Å². The lowest BCUT2D eigenvalue weighted by Gasteiger charge is -2.14. The number of non-ortho nitro benzene ring substituents is 1. The molecular formula is C23H20Br2N2O5. The Bertz CT molecular complexity index is 1100. The fourth-order valence-corrected chi connectivity index (χ4v) is 3.43. The van der Waals surface area contributed by atoms with Crippen LogP contribution in [0.1, 0.15) is 23.6 Å². The molecule has 0 saturated carbocycles. The number of nitro benzene ring substituents is 1. The number of hydrogen-bond donors (Lipinski definition) is 0. The van der Waals surface area contributed by atoms with Crippen LogP contribution in [0.3, 0.4) is 0 Å². The van der Waals surface area contributed by atoms with E-state index in [1.165, 1.54) is 12.1 Å². The Morgan fingerprint density at radius 3 is 2.44 bits per heavy atom. The van der Waals surface area contributed by atoms with Gasteiger partial charge in [0.15, 0.2) is 11.5 Å². The van der Waals surface area contributed by atoms with Gasteiger partial charge in [0, 0.05) is 26.6 Å². The van der Waals surface area contributed by atoms with E-state index in [1.807, 2.05) is 43.3 Å². The van der Waals surface area contributed by atoms with Crippen molar-refractivity contribution in [3.63, 3.8) is 0 Å². The minimum Gasteiger partial charge on any atom is -0.490 e. The van der Waals surface area contributed by atoms with E-state index in [4.69, 9.17) is 14.3 Å². The average Bonchev–Trinajstić information content (AvgIpc) is 2.78. The second kappa shape index (κ2) is 11.6. The number of oxime groups is 1. The van der Waals surface area contributed by atoms with Crippen molar-refractivity contribution in [2.24, 2.45) is 5.16 Å². The van der Waals surface area contributed by atoms with Gasteiger partial charge in [-0.2, -0.15) is 0 Å². The summed E-state index contributed by atoms with van der Waals surface area (Å²) < 4.78 is 13.5. The van der Waals surface area contributed by atoms with Crippen molar-refractivity contribution < 1.29 is 19.2 Å². The van der Waals surface area contributed by atoms with Crippen LogP contribution in [0.25, 0.3) is 0 Å². The van der Waals surface area contributed by atoms with Crippen LogP contribution in [-0.2, 0) is 18.1 Å². The summed E-state index contributed by atoms with van der Waals surface area (Å²) in [6.45, 7) is 2.90. The topological polar surface area (TPSA) is 83.2 Å². The van der Waals surface area contributed by atoms with Gasteiger partial charge in [0.05, 0.1) is 17.7 Å². The molecule has 0 fully saturated rings. The second-order valence-electron chi connectivity index (χ2n) is 6.60. The van der Waals surface area contributed by atoms with Crippen LogP contribution in [0.5, 0.6) is 11.5 Å². The van der Waals surface area contributed by atoms with Crippen LogP contribution in [0.4, 0.5) is 5.69 Å². The first-order valence-electron chi connectivity index (χ1n) is 9.68. The Balaban J connectivity index is 1.67. The third-order valence-electron chi connectivity index (χ3n) is 4.29. The largest absolute Gasteiger partial charge is 0.490 e. The fourth-order valence-electron chi connectivity index (χ4n) is 2.74. The maximum absolute atomic E-state index is 10.9. The van der Waals surface area contributed by atoms with Crippen LogP contribution in [-0.4, -0.2) is 17.7 Å². The SMILES string of the molecule is CCOc1cc(/C=N\OCc2cccc([N+](=O)[O-])c2)c(Br)cc1OCc1ccc(Br)cc1. The Kier molecular flexibility index (Phi) is 8.64. The highest BCUT2D eigenvalue weighted by Crippen LogP contribution is 2.34.